The molecule has 0 aliphatic carbocycles. The number of ether oxygens (including phenoxy) is 1. The molecule has 100 valence electrons. The Morgan fingerprint density at radius 3 is 2.67 bits per heavy atom. The molecule has 1 aromatic carbocycles. The van der Waals surface area contributed by atoms with Crippen molar-refractivity contribution in [3.05, 3.63) is 21.7 Å². The van der Waals surface area contributed by atoms with Crippen LogP contribution < -0.4 is 10.5 Å². The zero-order chi connectivity index (χ0) is 13.9. The van der Waals surface area contributed by atoms with Crippen molar-refractivity contribution in [2.24, 2.45) is 5.73 Å². The largest absolute Gasteiger partial charge is 0.503 e. The summed E-state index contributed by atoms with van der Waals surface area (Å²) in [5.41, 5.74) is 5.84. The molecule has 0 saturated heterocycles. The number of hydrogen-bond acceptors (Lipinski definition) is 4. The summed E-state index contributed by atoms with van der Waals surface area (Å²) >= 11 is 11.9. The lowest BCUT2D eigenvalue weighted by atomic mass is 10.0. The number of aliphatic carboxylic acids is 1. The Bertz CT molecular complexity index is 465. The molecular formula is C11H13Cl2NO4. The number of halogens is 2. The Morgan fingerprint density at radius 1 is 1.56 bits per heavy atom. The number of carboxylic acid groups (broad SMARTS) is 1. The number of carbonyl (C=O) groups is 1. The van der Waals surface area contributed by atoms with E-state index >= 15 is 0 Å². The van der Waals surface area contributed by atoms with E-state index in [1.807, 2.05) is 0 Å². The molecule has 0 radical (unpaired) electrons. The van der Waals surface area contributed by atoms with Crippen LogP contribution in [0.15, 0.2) is 6.07 Å². The molecule has 0 unspecified atom stereocenters. The number of hydrogen-bond donors (Lipinski definition) is 3. The monoisotopic (exact) mass is 293 g/mol. The maximum absolute atomic E-state index is 10.6. The van der Waals surface area contributed by atoms with E-state index in [-0.39, 0.29) is 29.4 Å². The summed E-state index contributed by atoms with van der Waals surface area (Å²) in [6.07, 6.45) is 0.420. The van der Waals surface area contributed by atoms with Gasteiger partial charge in [-0.2, -0.15) is 0 Å². The third kappa shape index (κ3) is 3.19. The maximum atomic E-state index is 10.6. The van der Waals surface area contributed by atoms with Crippen LogP contribution in [0.2, 0.25) is 10.0 Å². The molecule has 18 heavy (non-hydrogen) atoms. The molecule has 1 atom stereocenters. The van der Waals surface area contributed by atoms with Crippen LogP contribution in [0.4, 0.5) is 0 Å². The Balaban J connectivity index is 2.96. The minimum absolute atomic E-state index is 0.0527. The minimum atomic E-state index is -1.10. The molecule has 0 aliphatic rings. The quantitative estimate of drug-likeness (QED) is 0.773. The molecule has 4 N–H and O–H groups in total. The maximum Gasteiger partial charge on any atom is 0.320 e. The van der Waals surface area contributed by atoms with Crippen LogP contribution in [0, 0.1) is 0 Å². The highest BCUT2D eigenvalue weighted by atomic mass is 35.5. The first-order chi connectivity index (χ1) is 8.38. The second kappa shape index (κ2) is 6.13. The molecule has 0 heterocycles. The molecule has 0 bridgehead atoms. The number of carboxylic acids is 1. The van der Waals surface area contributed by atoms with Gasteiger partial charge in [0.15, 0.2) is 11.5 Å². The topological polar surface area (TPSA) is 92.8 Å². The Kier molecular flexibility index (Phi) is 5.07. The van der Waals surface area contributed by atoms with Crippen LogP contribution in [-0.2, 0) is 11.2 Å². The third-order valence-corrected chi connectivity index (χ3v) is 3.24. The fourth-order valence-electron chi connectivity index (χ4n) is 1.43. The summed E-state index contributed by atoms with van der Waals surface area (Å²) in [6, 6.07) is 0.422. The van der Waals surface area contributed by atoms with Gasteiger partial charge in [0.25, 0.3) is 0 Å². The smallest absolute Gasteiger partial charge is 0.320 e. The van der Waals surface area contributed by atoms with E-state index in [9.17, 15) is 9.90 Å². The molecule has 5 nitrogen and oxygen atoms in total. The van der Waals surface area contributed by atoms with Crippen molar-refractivity contribution in [1.29, 1.82) is 0 Å². The lowest BCUT2D eigenvalue weighted by Gasteiger charge is -2.13. The van der Waals surface area contributed by atoms with E-state index in [0.717, 1.165) is 0 Å². The van der Waals surface area contributed by atoms with Crippen molar-refractivity contribution in [2.45, 2.75) is 18.9 Å². The first-order valence-electron chi connectivity index (χ1n) is 5.10. The van der Waals surface area contributed by atoms with Crippen molar-refractivity contribution >= 4 is 29.2 Å². The van der Waals surface area contributed by atoms with Crippen LogP contribution >= 0.6 is 23.2 Å². The summed E-state index contributed by atoms with van der Waals surface area (Å²) in [5, 5.41) is 18.7. The number of nitrogens with two attached hydrogens (primary N) is 1. The van der Waals surface area contributed by atoms with Crippen LogP contribution in [0.25, 0.3) is 0 Å². The molecule has 0 aliphatic heterocycles. The van der Waals surface area contributed by atoms with Gasteiger partial charge in [-0.25, -0.2) is 0 Å². The highest BCUT2D eigenvalue weighted by Gasteiger charge is 2.18. The number of benzene rings is 1. The average Bonchev–Trinajstić information content (AvgIpc) is 2.33. The van der Waals surface area contributed by atoms with E-state index in [1.54, 1.807) is 0 Å². The lowest BCUT2D eigenvalue weighted by Crippen LogP contribution is -2.30. The van der Waals surface area contributed by atoms with Gasteiger partial charge in [-0.15, -0.1) is 0 Å². The fraction of sp³-hybridized carbons (Fsp3) is 0.364. The Morgan fingerprint density at radius 2 is 2.17 bits per heavy atom. The van der Waals surface area contributed by atoms with Crippen molar-refractivity contribution in [3.63, 3.8) is 0 Å². The van der Waals surface area contributed by atoms with E-state index in [0.29, 0.717) is 10.6 Å². The number of phenols is 1. The molecule has 0 saturated carbocycles. The second-order valence-electron chi connectivity index (χ2n) is 3.69. The molecule has 0 fully saturated rings. The Hall–Kier alpha value is -1.17. The lowest BCUT2D eigenvalue weighted by molar-refractivity contribution is -0.138. The van der Waals surface area contributed by atoms with Crippen molar-refractivity contribution in [1.82, 2.24) is 0 Å². The van der Waals surface area contributed by atoms with Crippen molar-refractivity contribution < 1.29 is 19.7 Å². The number of rotatable bonds is 5. The molecular weight excluding hydrogens is 281 g/mol. The SMILES string of the molecule is COc1cc(Cl)c(CC[C@@H](N)C(=O)O)c(Cl)c1O. The predicted octanol–water partition coefficient (Wildman–Crippen LogP) is 2.05. The van der Waals surface area contributed by atoms with Crippen LogP contribution in [0.5, 0.6) is 11.5 Å². The molecule has 0 aromatic heterocycles. The molecule has 1 rings (SSSR count). The van der Waals surface area contributed by atoms with Gasteiger partial charge >= 0.3 is 5.97 Å². The minimum Gasteiger partial charge on any atom is -0.503 e. The van der Waals surface area contributed by atoms with Crippen molar-refractivity contribution in [2.75, 3.05) is 7.11 Å². The highest BCUT2D eigenvalue weighted by molar-refractivity contribution is 6.37. The summed E-state index contributed by atoms with van der Waals surface area (Å²) in [5.74, 6) is -1.15. The number of methoxy groups -OCH3 is 1. The van der Waals surface area contributed by atoms with Crippen LogP contribution in [0.3, 0.4) is 0 Å². The van der Waals surface area contributed by atoms with E-state index in [1.165, 1.54) is 13.2 Å². The van der Waals surface area contributed by atoms with Gasteiger partial charge in [-0.05, 0) is 18.4 Å². The van der Waals surface area contributed by atoms with Gasteiger partial charge in [0.05, 0.1) is 12.1 Å². The van der Waals surface area contributed by atoms with Crippen molar-refractivity contribution in [3.8, 4) is 11.5 Å². The summed E-state index contributed by atoms with van der Waals surface area (Å²) in [6.45, 7) is 0. The summed E-state index contributed by atoms with van der Waals surface area (Å²) in [7, 11) is 1.38. The van der Waals surface area contributed by atoms with Gasteiger partial charge in [0, 0.05) is 11.1 Å². The van der Waals surface area contributed by atoms with Gasteiger partial charge in [-0.3, -0.25) is 4.79 Å². The van der Waals surface area contributed by atoms with Crippen LogP contribution in [-0.4, -0.2) is 29.3 Å². The second-order valence-corrected chi connectivity index (χ2v) is 4.47. The standard InChI is InChI=1S/C11H13Cl2NO4/c1-18-8-4-6(12)5(9(13)10(8)15)2-3-7(14)11(16)17/h4,7,15H,2-3,14H2,1H3,(H,16,17)/t7-/m1/s1. The van der Waals surface area contributed by atoms with Gasteiger partial charge in [-0.1, -0.05) is 23.2 Å². The van der Waals surface area contributed by atoms with Crippen LogP contribution in [0.1, 0.15) is 12.0 Å². The fourth-order valence-corrected chi connectivity index (χ4v) is 2.06. The first kappa shape index (κ1) is 14.9. The average molecular weight is 294 g/mol. The van der Waals surface area contributed by atoms with E-state index in [2.05, 4.69) is 0 Å². The first-order valence-corrected chi connectivity index (χ1v) is 5.86. The zero-order valence-corrected chi connectivity index (χ0v) is 11.1. The van der Waals surface area contributed by atoms with Gasteiger partial charge in [0.2, 0.25) is 0 Å². The van der Waals surface area contributed by atoms with Gasteiger partial charge in [0.1, 0.15) is 6.04 Å². The molecule has 0 spiro atoms. The van der Waals surface area contributed by atoms with E-state index in [4.69, 9.17) is 38.8 Å². The summed E-state index contributed by atoms with van der Waals surface area (Å²) in [4.78, 5) is 10.6. The number of aromatic hydroxyl groups is 1. The summed E-state index contributed by atoms with van der Waals surface area (Å²) < 4.78 is 4.89. The van der Waals surface area contributed by atoms with E-state index < -0.39 is 12.0 Å². The molecule has 7 heteroatoms. The Labute approximate surface area is 114 Å². The normalized spacial score (nSPS) is 12.2. The number of phenolic OH excluding ortho intramolecular Hbond substituents is 1. The predicted molar refractivity (Wildman–Crippen MR) is 68.6 cm³/mol. The highest BCUT2D eigenvalue weighted by Crippen LogP contribution is 2.41. The molecule has 0 amide bonds. The molecule has 1 aromatic rings. The zero-order valence-electron chi connectivity index (χ0n) is 9.61. The van der Waals surface area contributed by atoms with Gasteiger partial charge < -0.3 is 20.7 Å². The third-order valence-electron chi connectivity index (χ3n) is 2.49.